The second-order valence-electron chi connectivity index (χ2n) is 5.28. The lowest BCUT2D eigenvalue weighted by molar-refractivity contribution is 0.262. The molecule has 2 N–H and O–H groups in total. The van der Waals surface area contributed by atoms with Gasteiger partial charge in [0, 0.05) is 24.0 Å². The smallest absolute Gasteiger partial charge is 0.305 e. The Kier molecular flexibility index (Phi) is 5.57. The number of carbonyl (C=O) groups is 1. The Morgan fingerprint density at radius 1 is 1.28 bits per heavy atom. The minimum Gasteiger partial charge on any atom is -0.305 e. The van der Waals surface area contributed by atoms with Gasteiger partial charge in [0.25, 0.3) is 0 Å². The van der Waals surface area contributed by atoms with E-state index in [2.05, 4.69) is 20.7 Å². The van der Waals surface area contributed by atoms with E-state index < -0.39 is 6.03 Å². The minimum atomic E-state index is -0.437. The fourth-order valence-corrected chi connectivity index (χ4v) is 3.49. The first-order valence-electron chi connectivity index (χ1n) is 7.46. The lowest BCUT2D eigenvalue weighted by Gasteiger charge is -2.09. The molecule has 130 valence electrons. The average molecular weight is 396 g/mol. The molecule has 2 amide bonds. The van der Waals surface area contributed by atoms with E-state index in [1.54, 1.807) is 46.6 Å². The van der Waals surface area contributed by atoms with Crippen molar-refractivity contribution in [1.82, 2.24) is 14.8 Å². The van der Waals surface area contributed by atoms with Gasteiger partial charge in [-0.15, -0.1) is 11.3 Å². The topological polar surface area (TPSA) is 71.8 Å². The summed E-state index contributed by atoms with van der Waals surface area (Å²) >= 11 is 13.7. The molecule has 6 nitrogen and oxygen atoms in total. The van der Waals surface area contributed by atoms with Gasteiger partial charge in [0.05, 0.1) is 38.8 Å². The first-order chi connectivity index (χ1) is 12.0. The van der Waals surface area contributed by atoms with E-state index in [0.29, 0.717) is 28.0 Å². The van der Waals surface area contributed by atoms with Crippen LogP contribution in [-0.2, 0) is 13.0 Å². The van der Waals surface area contributed by atoms with E-state index in [1.165, 1.54) is 4.88 Å². The molecule has 0 aliphatic carbocycles. The van der Waals surface area contributed by atoms with Gasteiger partial charge in [-0.1, -0.05) is 29.3 Å². The molecule has 0 aliphatic rings. The van der Waals surface area contributed by atoms with Gasteiger partial charge in [0.2, 0.25) is 0 Å². The third-order valence-electron chi connectivity index (χ3n) is 3.51. The molecule has 3 aromatic rings. The van der Waals surface area contributed by atoms with Crippen LogP contribution in [0.1, 0.15) is 10.6 Å². The van der Waals surface area contributed by atoms with Gasteiger partial charge in [-0.25, -0.2) is 9.78 Å². The zero-order chi connectivity index (χ0) is 17.8. The predicted octanol–water partition coefficient (Wildman–Crippen LogP) is 4.84. The Morgan fingerprint density at radius 3 is 2.72 bits per heavy atom. The predicted molar refractivity (Wildman–Crippen MR) is 102 cm³/mol. The molecule has 9 heteroatoms. The molecule has 3 rings (SSSR count). The van der Waals surface area contributed by atoms with E-state index in [9.17, 15) is 4.79 Å². The van der Waals surface area contributed by atoms with Crippen LogP contribution in [0.4, 0.5) is 16.2 Å². The number of nitrogens with zero attached hydrogens (tertiary/aromatic N) is 3. The van der Waals surface area contributed by atoms with E-state index in [1.807, 2.05) is 12.4 Å². The molecule has 0 unspecified atom stereocenters. The van der Waals surface area contributed by atoms with Crippen LogP contribution in [-0.4, -0.2) is 20.8 Å². The van der Waals surface area contributed by atoms with Crippen molar-refractivity contribution in [2.45, 2.75) is 19.9 Å². The van der Waals surface area contributed by atoms with Crippen molar-refractivity contribution in [2.24, 2.45) is 0 Å². The van der Waals surface area contributed by atoms with E-state index in [4.69, 9.17) is 23.2 Å². The highest BCUT2D eigenvalue weighted by molar-refractivity contribution is 7.09. The van der Waals surface area contributed by atoms with Crippen LogP contribution in [0.2, 0.25) is 10.0 Å². The van der Waals surface area contributed by atoms with Gasteiger partial charge in [-0.3, -0.25) is 4.68 Å². The highest BCUT2D eigenvalue weighted by Gasteiger charge is 2.10. The number of carbonyl (C=O) groups excluding carboxylic acids is 1. The molecular formula is C16H15Cl2N5OS. The number of rotatable bonds is 5. The fourth-order valence-electron chi connectivity index (χ4n) is 2.23. The third-order valence-corrected chi connectivity index (χ3v) is 5.13. The second kappa shape index (κ2) is 7.86. The standard InChI is InChI=1S/C16H15Cl2N5OS/c1-10-14(25-9-19-10)5-6-23-8-11(7-20-23)21-16(24)22-15-12(17)3-2-4-13(15)18/h2-4,7-9H,5-6H2,1H3,(H2,21,22,24). The Bertz CT molecular complexity index is 872. The molecule has 2 heterocycles. The average Bonchev–Trinajstić information content (AvgIpc) is 3.18. The van der Waals surface area contributed by atoms with Gasteiger partial charge in [-0.05, 0) is 19.1 Å². The quantitative estimate of drug-likeness (QED) is 0.648. The molecule has 2 aromatic heterocycles. The van der Waals surface area contributed by atoms with Crippen LogP contribution in [0.15, 0.2) is 36.1 Å². The minimum absolute atomic E-state index is 0.372. The molecule has 0 fully saturated rings. The molecule has 0 aliphatic heterocycles. The van der Waals surface area contributed by atoms with Crippen LogP contribution in [0.5, 0.6) is 0 Å². The van der Waals surface area contributed by atoms with Crippen molar-refractivity contribution in [3.05, 3.63) is 56.7 Å². The monoisotopic (exact) mass is 395 g/mol. The van der Waals surface area contributed by atoms with E-state index in [-0.39, 0.29) is 0 Å². The Morgan fingerprint density at radius 2 is 2.04 bits per heavy atom. The number of benzene rings is 1. The number of aromatic nitrogens is 3. The summed E-state index contributed by atoms with van der Waals surface area (Å²) < 4.78 is 1.78. The molecule has 0 radical (unpaired) electrons. The van der Waals surface area contributed by atoms with Crippen molar-refractivity contribution in [3.63, 3.8) is 0 Å². The molecule has 0 saturated heterocycles. The number of para-hydroxylation sites is 1. The van der Waals surface area contributed by atoms with Crippen molar-refractivity contribution in [1.29, 1.82) is 0 Å². The lowest BCUT2D eigenvalue weighted by Crippen LogP contribution is -2.19. The van der Waals surface area contributed by atoms with Crippen LogP contribution < -0.4 is 10.6 Å². The summed E-state index contributed by atoms with van der Waals surface area (Å²) in [6, 6.07) is 4.58. The Hall–Kier alpha value is -2.09. The zero-order valence-corrected chi connectivity index (χ0v) is 15.6. The van der Waals surface area contributed by atoms with Gasteiger partial charge >= 0.3 is 6.03 Å². The number of aryl methyl sites for hydroxylation is 3. The summed E-state index contributed by atoms with van der Waals surface area (Å²) in [6.45, 7) is 2.70. The highest BCUT2D eigenvalue weighted by atomic mass is 35.5. The first kappa shape index (κ1) is 17.7. The van der Waals surface area contributed by atoms with Crippen molar-refractivity contribution < 1.29 is 4.79 Å². The molecular weight excluding hydrogens is 381 g/mol. The highest BCUT2D eigenvalue weighted by Crippen LogP contribution is 2.29. The maximum Gasteiger partial charge on any atom is 0.323 e. The Labute approximate surface area is 158 Å². The first-order valence-corrected chi connectivity index (χ1v) is 9.10. The number of nitrogens with one attached hydrogen (secondary N) is 2. The molecule has 0 atom stereocenters. The zero-order valence-electron chi connectivity index (χ0n) is 13.3. The van der Waals surface area contributed by atoms with Gasteiger partial charge in [0.15, 0.2) is 0 Å². The number of thiazole rings is 1. The fraction of sp³-hybridized carbons (Fsp3) is 0.188. The van der Waals surface area contributed by atoms with Gasteiger partial charge < -0.3 is 10.6 Å². The summed E-state index contributed by atoms with van der Waals surface area (Å²) in [5.41, 5.74) is 3.84. The summed E-state index contributed by atoms with van der Waals surface area (Å²) in [4.78, 5) is 17.6. The van der Waals surface area contributed by atoms with Crippen LogP contribution >= 0.6 is 34.5 Å². The van der Waals surface area contributed by atoms with Crippen molar-refractivity contribution in [2.75, 3.05) is 10.6 Å². The van der Waals surface area contributed by atoms with E-state index in [0.717, 1.165) is 12.1 Å². The van der Waals surface area contributed by atoms with Crippen molar-refractivity contribution >= 4 is 51.9 Å². The van der Waals surface area contributed by atoms with Crippen LogP contribution in [0, 0.1) is 6.92 Å². The van der Waals surface area contributed by atoms with E-state index >= 15 is 0 Å². The number of amides is 2. The lowest BCUT2D eigenvalue weighted by atomic mass is 10.3. The summed E-state index contributed by atoms with van der Waals surface area (Å²) in [6.07, 6.45) is 4.20. The number of halogens is 2. The Balaban J connectivity index is 1.57. The van der Waals surface area contributed by atoms with Crippen LogP contribution in [0.25, 0.3) is 0 Å². The number of urea groups is 1. The number of anilines is 2. The summed E-state index contributed by atoms with van der Waals surface area (Å²) in [7, 11) is 0. The van der Waals surface area contributed by atoms with Gasteiger partial charge in [-0.2, -0.15) is 5.10 Å². The SMILES string of the molecule is Cc1ncsc1CCn1cc(NC(=O)Nc2c(Cl)cccc2Cl)cn1. The molecule has 0 spiro atoms. The maximum absolute atomic E-state index is 12.1. The van der Waals surface area contributed by atoms with Crippen LogP contribution in [0.3, 0.4) is 0 Å². The summed E-state index contributed by atoms with van der Waals surface area (Å²) in [5, 5.41) is 10.3. The summed E-state index contributed by atoms with van der Waals surface area (Å²) in [5.74, 6) is 0. The maximum atomic E-state index is 12.1. The molecule has 25 heavy (non-hydrogen) atoms. The number of hydrogen-bond donors (Lipinski definition) is 2. The normalized spacial score (nSPS) is 10.7. The largest absolute Gasteiger partial charge is 0.323 e. The number of hydrogen-bond acceptors (Lipinski definition) is 4. The second-order valence-corrected chi connectivity index (χ2v) is 7.03. The molecule has 0 saturated carbocycles. The third kappa shape index (κ3) is 4.50. The van der Waals surface area contributed by atoms with Crippen molar-refractivity contribution in [3.8, 4) is 0 Å². The molecule has 1 aromatic carbocycles. The van der Waals surface area contributed by atoms with Gasteiger partial charge in [0.1, 0.15) is 0 Å². The molecule has 0 bridgehead atoms.